The fourth-order valence-corrected chi connectivity index (χ4v) is 2.99. The maximum atomic E-state index is 11.2. The number of halogens is 1. The fourth-order valence-electron chi connectivity index (χ4n) is 2.82. The number of fused-ring (bicyclic) bond motifs is 3. The normalized spacial score (nSPS) is 12.8. The Balaban J connectivity index is 1.96. The summed E-state index contributed by atoms with van der Waals surface area (Å²) >= 11 is 6.19. The van der Waals surface area contributed by atoms with Gasteiger partial charge in [-0.15, -0.1) is 0 Å². The van der Waals surface area contributed by atoms with Gasteiger partial charge in [-0.2, -0.15) is 5.10 Å². The van der Waals surface area contributed by atoms with Crippen LogP contribution >= 0.6 is 11.6 Å². The van der Waals surface area contributed by atoms with Crippen LogP contribution in [-0.4, -0.2) is 26.6 Å². The molecule has 0 saturated carbocycles. The second kappa shape index (κ2) is 5.62. The average Bonchev–Trinajstić information content (AvgIpc) is 2.95. The number of carboxylic acid groups (broad SMARTS) is 1. The third-order valence-electron chi connectivity index (χ3n) is 3.89. The van der Waals surface area contributed by atoms with Crippen molar-refractivity contribution in [2.24, 2.45) is 4.99 Å². The molecule has 1 N–H and O–H groups in total. The topological polar surface area (TPSA) is 67.5 Å². The maximum Gasteiger partial charge on any atom is 0.356 e. The lowest BCUT2D eigenvalue weighted by molar-refractivity contribution is 0.0690. The molecule has 0 bridgehead atoms. The number of aromatic carboxylic acids is 1. The van der Waals surface area contributed by atoms with E-state index in [1.807, 2.05) is 42.5 Å². The number of benzene rings is 2. The highest BCUT2D eigenvalue weighted by atomic mass is 35.5. The van der Waals surface area contributed by atoms with E-state index in [0.29, 0.717) is 11.6 Å². The first kappa shape index (κ1) is 14.7. The molecule has 0 atom stereocenters. The van der Waals surface area contributed by atoms with E-state index < -0.39 is 5.97 Å². The smallest absolute Gasteiger partial charge is 0.356 e. The Labute approximate surface area is 142 Å². The van der Waals surface area contributed by atoms with Gasteiger partial charge in [0.05, 0.1) is 23.6 Å². The minimum atomic E-state index is -1.06. The molecular formula is C18H12ClN3O2. The molecule has 0 aliphatic carbocycles. The van der Waals surface area contributed by atoms with Crippen LogP contribution in [0.2, 0.25) is 5.02 Å². The molecule has 0 saturated heterocycles. The lowest BCUT2D eigenvalue weighted by Crippen LogP contribution is -2.09. The Hall–Kier alpha value is -2.92. The van der Waals surface area contributed by atoms with Crippen molar-refractivity contribution in [3.8, 4) is 5.69 Å². The molecule has 0 radical (unpaired) electrons. The summed E-state index contributed by atoms with van der Waals surface area (Å²) in [5, 5.41) is 14.0. The summed E-state index contributed by atoms with van der Waals surface area (Å²) in [7, 11) is 0. The molecule has 3 aromatic rings. The summed E-state index contributed by atoms with van der Waals surface area (Å²) in [6.07, 6.45) is 0. The Morgan fingerprint density at radius 1 is 1.12 bits per heavy atom. The van der Waals surface area contributed by atoms with Crippen LogP contribution in [0.1, 0.15) is 27.3 Å². The number of carbonyl (C=O) groups is 1. The summed E-state index contributed by atoms with van der Waals surface area (Å²) < 4.78 is 1.63. The van der Waals surface area contributed by atoms with Gasteiger partial charge in [0.2, 0.25) is 0 Å². The zero-order valence-electron chi connectivity index (χ0n) is 12.5. The molecule has 0 fully saturated rings. The molecular weight excluding hydrogens is 326 g/mol. The Morgan fingerprint density at radius 2 is 1.92 bits per heavy atom. The van der Waals surface area contributed by atoms with Crippen molar-refractivity contribution in [1.82, 2.24) is 9.78 Å². The molecule has 118 valence electrons. The number of aromatic nitrogens is 2. The molecule has 0 amide bonds. The van der Waals surface area contributed by atoms with Gasteiger partial charge >= 0.3 is 5.97 Å². The lowest BCUT2D eigenvalue weighted by atomic mass is 10.0. The van der Waals surface area contributed by atoms with Crippen LogP contribution < -0.4 is 0 Å². The minimum absolute atomic E-state index is 0.00395. The van der Waals surface area contributed by atoms with Gasteiger partial charge in [-0.05, 0) is 24.3 Å². The quantitative estimate of drug-likeness (QED) is 0.777. The number of hydrogen-bond acceptors (Lipinski definition) is 3. The third kappa shape index (κ3) is 2.39. The van der Waals surface area contributed by atoms with Gasteiger partial charge in [0.25, 0.3) is 0 Å². The summed E-state index contributed by atoms with van der Waals surface area (Å²) in [5.41, 5.74) is 4.11. The van der Waals surface area contributed by atoms with Crippen LogP contribution in [0.3, 0.4) is 0 Å². The van der Waals surface area contributed by atoms with E-state index in [-0.39, 0.29) is 5.69 Å². The minimum Gasteiger partial charge on any atom is -0.476 e. The van der Waals surface area contributed by atoms with Crippen LogP contribution in [0.5, 0.6) is 0 Å². The molecule has 5 nitrogen and oxygen atoms in total. The third-order valence-corrected chi connectivity index (χ3v) is 4.13. The van der Waals surface area contributed by atoms with E-state index in [9.17, 15) is 9.90 Å². The standard InChI is InChI=1S/C18H12ClN3O2/c19-12-6-7-16-14(8-12)17(11-4-2-1-3-5-11)20-10-13-9-15(18(23)24)21-22(13)16/h1-9H,10H2,(H,23,24). The summed E-state index contributed by atoms with van der Waals surface area (Å²) in [6, 6.07) is 16.8. The van der Waals surface area contributed by atoms with Crippen molar-refractivity contribution in [1.29, 1.82) is 0 Å². The van der Waals surface area contributed by atoms with Crippen LogP contribution in [0, 0.1) is 0 Å². The number of carboxylic acids is 1. The van der Waals surface area contributed by atoms with Crippen LogP contribution in [-0.2, 0) is 6.54 Å². The number of rotatable bonds is 2. The van der Waals surface area contributed by atoms with Gasteiger partial charge in [0, 0.05) is 16.1 Å². The van der Waals surface area contributed by atoms with E-state index in [2.05, 4.69) is 5.10 Å². The van der Waals surface area contributed by atoms with Gasteiger partial charge in [0.15, 0.2) is 5.69 Å². The first-order chi connectivity index (χ1) is 11.6. The van der Waals surface area contributed by atoms with E-state index in [0.717, 1.165) is 28.2 Å². The van der Waals surface area contributed by atoms with Gasteiger partial charge in [-0.25, -0.2) is 9.48 Å². The Kier molecular flexibility index (Phi) is 3.43. The molecule has 1 aromatic heterocycles. The summed E-state index contributed by atoms with van der Waals surface area (Å²) in [5.74, 6) is -1.06. The number of hydrogen-bond donors (Lipinski definition) is 1. The monoisotopic (exact) mass is 337 g/mol. The van der Waals surface area contributed by atoms with Gasteiger partial charge in [-0.3, -0.25) is 4.99 Å². The first-order valence-corrected chi connectivity index (χ1v) is 7.73. The highest BCUT2D eigenvalue weighted by Crippen LogP contribution is 2.27. The average molecular weight is 338 g/mol. The maximum absolute atomic E-state index is 11.2. The fraction of sp³-hybridized carbons (Fsp3) is 0.0556. The molecule has 2 aromatic carbocycles. The van der Waals surface area contributed by atoms with E-state index in [1.165, 1.54) is 0 Å². The van der Waals surface area contributed by atoms with E-state index in [4.69, 9.17) is 16.6 Å². The molecule has 2 heterocycles. The molecule has 4 rings (SSSR count). The van der Waals surface area contributed by atoms with Crippen molar-refractivity contribution >= 4 is 23.3 Å². The van der Waals surface area contributed by atoms with Crippen LogP contribution in [0.15, 0.2) is 59.6 Å². The van der Waals surface area contributed by atoms with Crippen molar-refractivity contribution < 1.29 is 9.90 Å². The Bertz CT molecular complexity index is 977. The number of aliphatic imine (C=N–C) groups is 1. The molecule has 1 aliphatic heterocycles. The second-order valence-corrected chi connectivity index (χ2v) is 5.87. The summed E-state index contributed by atoms with van der Waals surface area (Å²) in [6.45, 7) is 0.344. The van der Waals surface area contributed by atoms with E-state index in [1.54, 1.807) is 16.8 Å². The number of nitrogens with zero attached hydrogens (tertiary/aromatic N) is 3. The zero-order valence-corrected chi connectivity index (χ0v) is 13.2. The predicted molar refractivity (Wildman–Crippen MR) is 91.3 cm³/mol. The van der Waals surface area contributed by atoms with Crippen LogP contribution in [0.4, 0.5) is 0 Å². The molecule has 1 aliphatic rings. The van der Waals surface area contributed by atoms with Crippen LogP contribution in [0.25, 0.3) is 5.69 Å². The van der Waals surface area contributed by atoms with Crippen molar-refractivity contribution in [3.05, 3.63) is 82.1 Å². The predicted octanol–water partition coefficient (Wildman–Crippen LogP) is 3.57. The second-order valence-electron chi connectivity index (χ2n) is 5.43. The largest absolute Gasteiger partial charge is 0.476 e. The molecule has 6 heteroatoms. The lowest BCUT2D eigenvalue weighted by Gasteiger charge is -2.11. The van der Waals surface area contributed by atoms with Gasteiger partial charge in [0.1, 0.15) is 0 Å². The zero-order chi connectivity index (χ0) is 16.7. The first-order valence-electron chi connectivity index (χ1n) is 7.36. The highest BCUT2D eigenvalue weighted by Gasteiger charge is 2.22. The molecule has 0 spiro atoms. The van der Waals surface area contributed by atoms with Gasteiger partial charge in [-0.1, -0.05) is 41.9 Å². The van der Waals surface area contributed by atoms with Crippen molar-refractivity contribution in [3.63, 3.8) is 0 Å². The van der Waals surface area contributed by atoms with Gasteiger partial charge < -0.3 is 5.11 Å². The van der Waals surface area contributed by atoms with Crippen molar-refractivity contribution in [2.75, 3.05) is 0 Å². The molecule has 24 heavy (non-hydrogen) atoms. The Morgan fingerprint density at radius 3 is 2.67 bits per heavy atom. The van der Waals surface area contributed by atoms with E-state index >= 15 is 0 Å². The molecule has 0 unspecified atom stereocenters. The highest BCUT2D eigenvalue weighted by molar-refractivity contribution is 6.31. The van der Waals surface area contributed by atoms with Crippen molar-refractivity contribution in [2.45, 2.75) is 6.54 Å². The summed E-state index contributed by atoms with van der Waals surface area (Å²) in [4.78, 5) is 15.9. The SMILES string of the molecule is O=C(O)c1cc2n(n1)-c1ccc(Cl)cc1C(c1ccccc1)=NC2.